The summed E-state index contributed by atoms with van der Waals surface area (Å²) in [6, 6.07) is 45.6. The number of hydrogen-bond donors (Lipinski definition) is 0. The summed E-state index contributed by atoms with van der Waals surface area (Å²) < 4.78 is 1.37. The number of rotatable bonds is 4. The topological polar surface area (TPSA) is 0 Å². The molecule has 0 unspecified atom stereocenters. The maximum atomic E-state index is 2.39. The summed E-state index contributed by atoms with van der Waals surface area (Å²) >= 11 is 1.41. The Hall–Kier alpha value is -3.10. The summed E-state index contributed by atoms with van der Waals surface area (Å²) in [4.78, 5) is 0. The Morgan fingerprint density at radius 1 is 0.355 bits per heavy atom. The van der Waals surface area contributed by atoms with Gasteiger partial charge in [-0.15, -0.1) is 0 Å². The molecule has 0 heterocycles. The van der Waals surface area contributed by atoms with Gasteiger partial charge in [-0.25, -0.2) is 0 Å². The third-order valence-corrected chi connectivity index (χ3v) is 6.73. The zero-order valence-electron chi connectivity index (χ0n) is 17.1. The van der Waals surface area contributed by atoms with E-state index < -0.39 is 0 Å². The molecule has 0 N–H and O–H groups in total. The van der Waals surface area contributed by atoms with Gasteiger partial charge in [0.15, 0.2) is 0 Å². The van der Waals surface area contributed by atoms with Crippen LogP contribution in [0.15, 0.2) is 127 Å². The summed E-state index contributed by atoms with van der Waals surface area (Å²) in [6.45, 7) is 0. The molecule has 5 rings (SSSR count). The van der Waals surface area contributed by atoms with Crippen LogP contribution in [-0.2, 0) is 0 Å². The standard InChI is InChI=1S/C30H21.Sn/c1-5-13-23(14-6-1)27-21-22-28(24-15-7-2-8-16-24)30(26-19-11-4-12-20-26)29(27)25-17-9-3-10-18-25;/h1-21H;. The molecule has 0 saturated carbocycles. The van der Waals surface area contributed by atoms with E-state index in [2.05, 4.69) is 127 Å². The van der Waals surface area contributed by atoms with Gasteiger partial charge in [-0.2, -0.15) is 0 Å². The van der Waals surface area contributed by atoms with Gasteiger partial charge < -0.3 is 0 Å². The molecule has 0 aliphatic carbocycles. The fourth-order valence-corrected chi connectivity index (χ4v) is 5.41. The van der Waals surface area contributed by atoms with E-state index in [1.54, 1.807) is 0 Å². The molecule has 0 spiro atoms. The Labute approximate surface area is 197 Å². The first-order chi connectivity index (χ1) is 15.3. The van der Waals surface area contributed by atoms with E-state index in [1.807, 2.05) is 0 Å². The molecule has 0 fully saturated rings. The second-order valence-corrected chi connectivity index (χ2v) is 9.10. The second kappa shape index (κ2) is 8.95. The monoisotopic (exact) mass is 501 g/mol. The van der Waals surface area contributed by atoms with Crippen molar-refractivity contribution in [2.24, 2.45) is 0 Å². The molecule has 0 atom stereocenters. The van der Waals surface area contributed by atoms with Gasteiger partial charge in [0, 0.05) is 0 Å². The Morgan fingerprint density at radius 2 is 0.710 bits per heavy atom. The van der Waals surface area contributed by atoms with Crippen molar-refractivity contribution in [3.8, 4) is 44.5 Å². The van der Waals surface area contributed by atoms with Crippen LogP contribution in [-0.4, -0.2) is 22.5 Å². The molecule has 0 amide bonds. The van der Waals surface area contributed by atoms with Crippen molar-refractivity contribution >= 4 is 26.1 Å². The fourth-order valence-electron chi connectivity index (χ4n) is 4.23. The molecule has 31 heavy (non-hydrogen) atoms. The van der Waals surface area contributed by atoms with Crippen molar-refractivity contribution in [1.29, 1.82) is 0 Å². The molecule has 5 aromatic rings. The fraction of sp³-hybridized carbons (Fsp3) is 0. The third-order valence-electron chi connectivity index (χ3n) is 5.60. The van der Waals surface area contributed by atoms with Gasteiger partial charge in [0.25, 0.3) is 0 Å². The van der Waals surface area contributed by atoms with Gasteiger partial charge in [0.1, 0.15) is 0 Å². The zero-order chi connectivity index (χ0) is 21.0. The van der Waals surface area contributed by atoms with E-state index in [9.17, 15) is 0 Å². The third kappa shape index (κ3) is 3.96. The first-order valence-corrected chi connectivity index (χ1v) is 11.9. The van der Waals surface area contributed by atoms with E-state index in [1.165, 1.54) is 70.6 Å². The Balaban J connectivity index is 1.95. The minimum atomic E-state index is 1.24. The molecule has 1 heteroatoms. The van der Waals surface area contributed by atoms with Crippen LogP contribution in [0.2, 0.25) is 0 Å². The van der Waals surface area contributed by atoms with Crippen molar-refractivity contribution in [3.05, 3.63) is 127 Å². The van der Waals surface area contributed by atoms with Crippen LogP contribution in [0.1, 0.15) is 0 Å². The predicted molar refractivity (Wildman–Crippen MR) is 134 cm³/mol. The summed E-state index contributed by atoms with van der Waals surface area (Å²) in [6.07, 6.45) is 0. The molecule has 0 aromatic heterocycles. The van der Waals surface area contributed by atoms with Crippen LogP contribution < -0.4 is 3.58 Å². The molecule has 0 saturated heterocycles. The first-order valence-electron chi connectivity index (χ1n) is 10.5. The van der Waals surface area contributed by atoms with Gasteiger partial charge in [-0.05, 0) is 0 Å². The number of hydrogen-bond acceptors (Lipinski definition) is 0. The minimum absolute atomic E-state index is 1.24. The van der Waals surface area contributed by atoms with Gasteiger partial charge in [-0.3, -0.25) is 0 Å². The van der Waals surface area contributed by atoms with Crippen LogP contribution >= 0.6 is 0 Å². The van der Waals surface area contributed by atoms with Gasteiger partial charge in [0.2, 0.25) is 0 Å². The van der Waals surface area contributed by atoms with Crippen molar-refractivity contribution in [3.63, 3.8) is 0 Å². The summed E-state index contributed by atoms with van der Waals surface area (Å²) in [7, 11) is 0. The van der Waals surface area contributed by atoms with Gasteiger partial charge in [-0.1, -0.05) is 0 Å². The molecule has 3 radical (unpaired) electrons. The molecule has 5 aromatic carbocycles. The van der Waals surface area contributed by atoms with Crippen LogP contribution in [0.5, 0.6) is 0 Å². The predicted octanol–water partition coefficient (Wildman–Crippen LogP) is 7.15. The molecule has 0 aliphatic heterocycles. The quantitative estimate of drug-likeness (QED) is 0.230. The van der Waals surface area contributed by atoms with Crippen molar-refractivity contribution in [1.82, 2.24) is 0 Å². The van der Waals surface area contributed by atoms with Gasteiger partial charge >= 0.3 is 198 Å². The van der Waals surface area contributed by atoms with E-state index in [4.69, 9.17) is 0 Å². The molecular weight excluding hydrogens is 479 g/mol. The Morgan fingerprint density at radius 3 is 1.16 bits per heavy atom. The Kier molecular flexibility index (Phi) is 5.73. The summed E-state index contributed by atoms with van der Waals surface area (Å²) in [5.41, 5.74) is 10.2. The maximum absolute atomic E-state index is 2.39. The molecule has 145 valence electrons. The van der Waals surface area contributed by atoms with Crippen LogP contribution in [0.3, 0.4) is 0 Å². The summed E-state index contributed by atoms with van der Waals surface area (Å²) in [5, 5.41) is 0. The average molecular weight is 500 g/mol. The zero-order valence-corrected chi connectivity index (χ0v) is 20.0. The van der Waals surface area contributed by atoms with Gasteiger partial charge in [0.05, 0.1) is 0 Å². The van der Waals surface area contributed by atoms with E-state index in [0.717, 1.165) is 0 Å². The summed E-state index contributed by atoms with van der Waals surface area (Å²) in [5.74, 6) is 0. The van der Waals surface area contributed by atoms with Crippen molar-refractivity contribution in [2.75, 3.05) is 0 Å². The first kappa shape index (κ1) is 19.8. The normalized spacial score (nSPS) is 10.7. The molecule has 0 aliphatic rings. The van der Waals surface area contributed by atoms with E-state index >= 15 is 0 Å². The molecular formula is C30H21Sn. The van der Waals surface area contributed by atoms with E-state index in [0.29, 0.717) is 0 Å². The average Bonchev–Trinajstić information content (AvgIpc) is 2.85. The van der Waals surface area contributed by atoms with Crippen LogP contribution in [0.25, 0.3) is 44.5 Å². The molecule has 0 nitrogen and oxygen atoms in total. The van der Waals surface area contributed by atoms with Crippen molar-refractivity contribution < 1.29 is 0 Å². The van der Waals surface area contributed by atoms with E-state index in [-0.39, 0.29) is 0 Å². The molecule has 0 bridgehead atoms. The Bertz CT molecular complexity index is 1290. The van der Waals surface area contributed by atoms with Crippen LogP contribution in [0, 0.1) is 0 Å². The van der Waals surface area contributed by atoms with Crippen molar-refractivity contribution in [2.45, 2.75) is 0 Å². The SMILES string of the molecule is [Sn][c]1cc(-c2ccccc2)c(-c2ccccc2)c(-c2ccccc2)c1-c1ccccc1. The number of benzene rings is 5. The van der Waals surface area contributed by atoms with Crippen LogP contribution in [0.4, 0.5) is 0 Å². The second-order valence-electron chi connectivity index (χ2n) is 7.56.